The fourth-order valence-electron chi connectivity index (χ4n) is 1.06. The van der Waals surface area contributed by atoms with Crippen molar-refractivity contribution in [3.8, 4) is 0 Å². The van der Waals surface area contributed by atoms with Crippen molar-refractivity contribution in [2.24, 2.45) is 0 Å². The van der Waals surface area contributed by atoms with Crippen LogP contribution in [0, 0.1) is 0 Å². The molecule has 0 saturated carbocycles. The summed E-state index contributed by atoms with van der Waals surface area (Å²) in [5.74, 6) is 0. The predicted octanol–water partition coefficient (Wildman–Crippen LogP) is 1.71. The molecule has 0 bridgehead atoms. The van der Waals surface area contributed by atoms with Gasteiger partial charge < -0.3 is 10.2 Å². The van der Waals surface area contributed by atoms with Crippen molar-refractivity contribution in [1.82, 2.24) is 10.2 Å². The monoisotopic (exact) mass is 172 g/mol. The summed E-state index contributed by atoms with van der Waals surface area (Å²) in [7, 11) is 2.19. The molecule has 0 heterocycles. The number of hydrogen-bond acceptors (Lipinski definition) is 2. The minimum absolute atomic E-state index is 0.607. The van der Waals surface area contributed by atoms with Gasteiger partial charge in [0.1, 0.15) is 0 Å². The quantitative estimate of drug-likeness (QED) is 0.656. The van der Waals surface area contributed by atoms with E-state index in [0.29, 0.717) is 12.1 Å². The number of likely N-dealkylation sites (N-methyl/N-ethyl adjacent to an activating group) is 1. The maximum absolute atomic E-state index is 3.41. The van der Waals surface area contributed by atoms with Crippen molar-refractivity contribution in [3.63, 3.8) is 0 Å². The normalized spacial score (nSPS) is 14.2. The summed E-state index contributed by atoms with van der Waals surface area (Å²) < 4.78 is 0. The lowest BCUT2D eigenvalue weighted by Gasteiger charge is -2.23. The Bertz CT molecular complexity index is 102. The first-order chi connectivity index (χ1) is 5.57. The summed E-state index contributed by atoms with van der Waals surface area (Å²) in [5, 5.41) is 3.41. The molecule has 0 spiro atoms. The van der Waals surface area contributed by atoms with Crippen LogP contribution in [0.1, 0.15) is 34.1 Å². The van der Waals surface area contributed by atoms with Crippen LogP contribution in [0.3, 0.4) is 0 Å². The summed E-state index contributed by atoms with van der Waals surface area (Å²) in [6.07, 6.45) is 1.23. The Balaban J connectivity index is 3.37. The molecule has 0 aromatic carbocycles. The molecule has 0 aromatic heterocycles. The molecular formula is C10H24N2. The third-order valence-electron chi connectivity index (χ3n) is 2.36. The van der Waals surface area contributed by atoms with E-state index in [9.17, 15) is 0 Å². The number of hydrogen-bond donors (Lipinski definition) is 1. The number of rotatable bonds is 6. The van der Waals surface area contributed by atoms with Gasteiger partial charge in [0.15, 0.2) is 0 Å². The lowest BCUT2D eigenvalue weighted by molar-refractivity contribution is 0.250. The van der Waals surface area contributed by atoms with Crippen LogP contribution in [0.15, 0.2) is 0 Å². The third-order valence-corrected chi connectivity index (χ3v) is 2.36. The fraction of sp³-hybridized carbons (Fsp3) is 1.00. The van der Waals surface area contributed by atoms with Crippen molar-refractivity contribution in [2.75, 3.05) is 20.1 Å². The molecule has 0 aliphatic rings. The van der Waals surface area contributed by atoms with Gasteiger partial charge in [-0.1, -0.05) is 20.8 Å². The van der Waals surface area contributed by atoms with Crippen LogP contribution in [-0.2, 0) is 0 Å². The van der Waals surface area contributed by atoms with Crippen LogP contribution in [0.25, 0.3) is 0 Å². The molecular weight excluding hydrogens is 148 g/mol. The van der Waals surface area contributed by atoms with E-state index in [0.717, 1.165) is 13.1 Å². The first-order valence-corrected chi connectivity index (χ1v) is 5.01. The van der Waals surface area contributed by atoms with E-state index in [2.05, 4.69) is 45.0 Å². The molecule has 0 radical (unpaired) electrons. The minimum atomic E-state index is 0.607. The van der Waals surface area contributed by atoms with Crippen LogP contribution in [0.2, 0.25) is 0 Å². The first kappa shape index (κ1) is 11.9. The Morgan fingerprint density at radius 2 is 1.83 bits per heavy atom. The van der Waals surface area contributed by atoms with Gasteiger partial charge in [-0.2, -0.15) is 0 Å². The van der Waals surface area contributed by atoms with E-state index < -0.39 is 0 Å². The van der Waals surface area contributed by atoms with E-state index >= 15 is 0 Å². The molecule has 0 fully saturated rings. The van der Waals surface area contributed by atoms with E-state index in [1.165, 1.54) is 6.42 Å². The Labute approximate surface area is 77.3 Å². The van der Waals surface area contributed by atoms with E-state index in [-0.39, 0.29) is 0 Å². The lowest BCUT2D eigenvalue weighted by atomic mass is 10.2. The summed E-state index contributed by atoms with van der Waals surface area (Å²) in [4.78, 5) is 2.40. The summed E-state index contributed by atoms with van der Waals surface area (Å²) in [6, 6.07) is 1.31. The summed E-state index contributed by atoms with van der Waals surface area (Å²) >= 11 is 0. The molecule has 74 valence electrons. The molecule has 2 nitrogen and oxygen atoms in total. The molecule has 0 aliphatic carbocycles. The zero-order valence-electron chi connectivity index (χ0n) is 9.22. The SMILES string of the molecule is CCC(C)N(C)CCNC(C)C. The Hall–Kier alpha value is -0.0800. The largest absolute Gasteiger partial charge is 0.313 e. The standard InChI is InChI=1S/C10H24N2/c1-6-10(4)12(5)8-7-11-9(2)3/h9-11H,6-8H2,1-5H3. The highest BCUT2D eigenvalue weighted by Gasteiger charge is 2.05. The van der Waals surface area contributed by atoms with Crippen molar-refractivity contribution < 1.29 is 0 Å². The van der Waals surface area contributed by atoms with Gasteiger partial charge in [-0.25, -0.2) is 0 Å². The van der Waals surface area contributed by atoms with Crippen LogP contribution in [-0.4, -0.2) is 37.1 Å². The molecule has 1 N–H and O–H groups in total. The zero-order valence-corrected chi connectivity index (χ0v) is 9.22. The lowest BCUT2D eigenvalue weighted by Crippen LogP contribution is -2.36. The molecule has 0 rings (SSSR count). The maximum atomic E-state index is 3.41. The molecule has 0 aromatic rings. The van der Waals surface area contributed by atoms with Gasteiger partial charge in [-0.15, -0.1) is 0 Å². The van der Waals surface area contributed by atoms with E-state index in [4.69, 9.17) is 0 Å². The van der Waals surface area contributed by atoms with Crippen LogP contribution in [0.4, 0.5) is 0 Å². The van der Waals surface area contributed by atoms with Gasteiger partial charge in [0.25, 0.3) is 0 Å². The minimum Gasteiger partial charge on any atom is -0.313 e. The van der Waals surface area contributed by atoms with Gasteiger partial charge in [0, 0.05) is 25.2 Å². The zero-order chi connectivity index (χ0) is 9.56. The van der Waals surface area contributed by atoms with Crippen LogP contribution >= 0.6 is 0 Å². The molecule has 1 atom stereocenters. The topological polar surface area (TPSA) is 15.3 Å². The second-order valence-electron chi connectivity index (χ2n) is 3.85. The Morgan fingerprint density at radius 3 is 2.25 bits per heavy atom. The highest BCUT2D eigenvalue weighted by Crippen LogP contribution is 1.98. The highest BCUT2D eigenvalue weighted by molar-refractivity contribution is 4.63. The van der Waals surface area contributed by atoms with Gasteiger partial charge in [0.05, 0.1) is 0 Å². The number of nitrogens with one attached hydrogen (secondary N) is 1. The Kier molecular flexibility index (Phi) is 6.39. The molecule has 2 heteroatoms. The summed E-state index contributed by atoms with van der Waals surface area (Å²) in [6.45, 7) is 11.1. The smallest absolute Gasteiger partial charge is 0.0107 e. The van der Waals surface area contributed by atoms with E-state index in [1.807, 2.05) is 0 Å². The maximum Gasteiger partial charge on any atom is 0.0107 e. The van der Waals surface area contributed by atoms with E-state index in [1.54, 1.807) is 0 Å². The second kappa shape index (κ2) is 6.44. The molecule has 1 unspecified atom stereocenters. The van der Waals surface area contributed by atoms with Gasteiger partial charge in [-0.05, 0) is 20.4 Å². The summed E-state index contributed by atoms with van der Waals surface area (Å²) in [5.41, 5.74) is 0. The fourth-order valence-corrected chi connectivity index (χ4v) is 1.06. The van der Waals surface area contributed by atoms with Crippen molar-refractivity contribution in [1.29, 1.82) is 0 Å². The third kappa shape index (κ3) is 5.56. The number of nitrogens with zero attached hydrogens (tertiary/aromatic N) is 1. The first-order valence-electron chi connectivity index (χ1n) is 5.01. The van der Waals surface area contributed by atoms with Crippen molar-refractivity contribution in [2.45, 2.75) is 46.2 Å². The second-order valence-corrected chi connectivity index (χ2v) is 3.85. The van der Waals surface area contributed by atoms with Crippen molar-refractivity contribution in [3.05, 3.63) is 0 Å². The van der Waals surface area contributed by atoms with Crippen LogP contribution < -0.4 is 5.32 Å². The molecule has 0 saturated heterocycles. The van der Waals surface area contributed by atoms with Crippen molar-refractivity contribution >= 4 is 0 Å². The van der Waals surface area contributed by atoms with Crippen LogP contribution in [0.5, 0.6) is 0 Å². The highest BCUT2D eigenvalue weighted by atomic mass is 15.1. The molecule has 0 amide bonds. The van der Waals surface area contributed by atoms with Gasteiger partial charge in [0.2, 0.25) is 0 Å². The van der Waals surface area contributed by atoms with Gasteiger partial charge >= 0.3 is 0 Å². The van der Waals surface area contributed by atoms with Gasteiger partial charge in [-0.3, -0.25) is 0 Å². The Morgan fingerprint density at radius 1 is 1.25 bits per heavy atom. The average Bonchev–Trinajstić information content (AvgIpc) is 2.02. The average molecular weight is 172 g/mol. The molecule has 0 aliphatic heterocycles. The molecule has 12 heavy (non-hydrogen) atoms. The predicted molar refractivity (Wildman–Crippen MR) is 55.5 cm³/mol.